The predicted octanol–water partition coefficient (Wildman–Crippen LogP) is 1.59. The van der Waals surface area contributed by atoms with Gasteiger partial charge in [0.1, 0.15) is 5.75 Å². The summed E-state index contributed by atoms with van der Waals surface area (Å²) in [5, 5.41) is 4.72. The molecule has 1 fully saturated rings. The van der Waals surface area contributed by atoms with Gasteiger partial charge in [-0.05, 0) is 30.7 Å². The van der Waals surface area contributed by atoms with Crippen molar-refractivity contribution in [2.75, 3.05) is 12.0 Å². The number of nitrogens with one attached hydrogen (secondary N) is 2. The highest BCUT2D eigenvalue weighted by Gasteiger charge is 2.61. The van der Waals surface area contributed by atoms with Gasteiger partial charge in [-0.1, -0.05) is 29.8 Å². The first kappa shape index (κ1) is 16.1. The van der Waals surface area contributed by atoms with Crippen molar-refractivity contribution in [1.29, 1.82) is 0 Å². The van der Waals surface area contributed by atoms with Crippen LogP contribution in [0.3, 0.4) is 0 Å². The molecule has 0 radical (unpaired) electrons. The fraction of sp³-hybridized carbons (Fsp3) is 0.211. The maximum atomic E-state index is 13.2. The predicted molar refractivity (Wildman–Crippen MR) is 93.7 cm³/mol. The number of amides is 4. The van der Waals surface area contributed by atoms with Gasteiger partial charge in [0.15, 0.2) is 0 Å². The highest BCUT2D eigenvalue weighted by molar-refractivity contribution is 6.27. The molecule has 1 unspecified atom stereocenters. The third-order valence-electron chi connectivity index (χ3n) is 4.76. The zero-order valence-electron chi connectivity index (χ0n) is 14.3. The number of benzene rings is 2. The van der Waals surface area contributed by atoms with Crippen LogP contribution >= 0.6 is 0 Å². The summed E-state index contributed by atoms with van der Waals surface area (Å²) in [7, 11) is 1.57. The Hall–Kier alpha value is -3.35. The van der Waals surface area contributed by atoms with Crippen LogP contribution in [0.5, 0.6) is 5.75 Å². The van der Waals surface area contributed by atoms with Gasteiger partial charge in [-0.25, -0.2) is 4.79 Å². The molecule has 1 spiro atoms. The van der Waals surface area contributed by atoms with E-state index >= 15 is 0 Å². The Labute approximate surface area is 149 Å². The van der Waals surface area contributed by atoms with E-state index in [1.54, 1.807) is 19.2 Å². The minimum atomic E-state index is -1.70. The average Bonchev–Trinajstić information content (AvgIpc) is 3.04. The highest BCUT2D eigenvalue weighted by atomic mass is 16.5. The Bertz CT molecular complexity index is 956. The van der Waals surface area contributed by atoms with Gasteiger partial charge in [0.05, 0.1) is 19.3 Å². The molecular weight excluding hydrogens is 334 g/mol. The van der Waals surface area contributed by atoms with Crippen molar-refractivity contribution in [2.45, 2.75) is 19.0 Å². The van der Waals surface area contributed by atoms with E-state index in [0.717, 1.165) is 11.1 Å². The summed E-state index contributed by atoms with van der Waals surface area (Å²) in [4.78, 5) is 39.1. The lowest BCUT2D eigenvalue weighted by molar-refractivity contribution is -0.134. The summed E-state index contributed by atoms with van der Waals surface area (Å²) in [6, 6.07) is 12.1. The van der Waals surface area contributed by atoms with Crippen LogP contribution < -0.4 is 20.3 Å². The molecule has 2 heterocycles. The number of aryl methyl sites for hydroxylation is 1. The molecule has 2 aliphatic heterocycles. The van der Waals surface area contributed by atoms with Gasteiger partial charge in [0.25, 0.3) is 11.8 Å². The molecule has 0 aromatic heterocycles. The van der Waals surface area contributed by atoms with E-state index in [1.165, 1.54) is 4.90 Å². The van der Waals surface area contributed by atoms with Crippen molar-refractivity contribution in [1.82, 2.24) is 10.6 Å². The maximum Gasteiger partial charge on any atom is 0.323 e. The molecule has 0 aliphatic carbocycles. The molecule has 7 heteroatoms. The van der Waals surface area contributed by atoms with E-state index in [1.807, 2.05) is 37.3 Å². The van der Waals surface area contributed by atoms with Gasteiger partial charge < -0.3 is 15.0 Å². The second kappa shape index (κ2) is 5.59. The van der Waals surface area contributed by atoms with Gasteiger partial charge in [-0.2, -0.15) is 0 Å². The lowest BCUT2D eigenvalue weighted by atomic mass is 9.90. The maximum absolute atomic E-state index is 13.2. The lowest BCUT2D eigenvalue weighted by Crippen LogP contribution is -2.52. The topological polar surface area (TPSA) is 87.7 Å². The Kier molecular flexibility index (Phi) is 3.47. The van der Waals surface area contributed by atoms with E-state index in [-0.39, 0.29) is 6.54 Å². The lowest BCUT2D eigenvalue weighted by Gasteiger charge is -2.21. The van der Waals surface area contributed by atoms with E-state index in [4.69, 9.17) is 4.74 Å². The first-order valence-corrected chi connectivity index (χ1v) is 8.15. The largest absolute Gasteiger partial charge is 0.497 e. The second-order valence-corrected chi connectivity index (χ2v) is 6.42. The molecule has 4 amide bonds. The van der Waals surface area contributed by atoms with Crippen molar-refractivity contribution >= 4 is 23.5 Å². The normalized spacial score (nSPS) is 21.0. The fourth-order valence-electron chi connectivity index (χ4n) is 3.52. The van der Waals surface area contributed by atoms with Crippen molar-refractivity contribution < 1.29 is 19.1 Å². The number of rotatable bonds is 3. The van der Waals surface area contributed by atoms with Crippen LogP contribution in [-0.2, 0) is 21.7 Å². The van der Waals surface area contributed by atoms with E-state index in [9.17, 15) is 14.4 Å². The van der Waals surface area contributed by atoms with Gasteiger partial charge in [-0.3, -0.25) is 14.9 Å². The van der Waals surface area contributed by atoms with E-state index < -0.39 is 23.4 Å². The third-order valence-corrected chi connectivity index (χ3v) is 4.76. The number of ether oxygens (including phenoxy) is 1. The number of carbonyl (C=O) groups excluding carboxylic acids is 3. The summed E-state index contributed by atoms with van der Waals surface area (Å²) in [6.07, 6.45) is 0. The number of nitrogens with zero attached hydrogens (tertiary/aromatic N) is 1. The van der Waals surface area contributed by atoms with Crippen LogP contribution in [0.25, 0.3) is 0 Å². The number of fused-ring (bicyclic) bond motifs is 2. The molecule has 2 aromatic rings. The second-order valence-electron chi connectivity index (χ2n) is 6.42. The first-order chi connectivity index (χ1) is 12.5. The first-order valence-electron chi connectivity index (χ1n) is 8.15. The Morgan fingerprint density at radius 1 is 1.12 bits per heavy atom. The van der Waals surface area contributed by atoms with Gasteiger partial charge in [-0.15, -0.1) is 0 Å². The third kappa shape index (κ3) is 2.17. The van der Waals surface area contributed by atoms with E-state index in [2.05, 4.69) is 10.6 Å². The number of urea groups is 1. The Morgan fingerprint density at radius 2 is 1.92 bits per heavy atom. The summed E-state index contributed by atoms with van der Waals surface area (Å²) in [6.45, 7) is 2.13. The molecule has 132 valence electrons. The van der Waals surface area contributed by atoms with Crippen LogP contribution in [0.15, 0.2) is 42.5 Å². The zero-order chi connectivity index (χ0) is 18.5. The number of methoxy groups -OCH3 is 1. The van der Waals surface area contributed by atoms with Crippen LogP contribution in [0, 0.1) is 6.92 Å². The molecule has 26 heavy (non-hydrogen) atoms. The molecule has 2 N–H and O–H groups in total. The smallest absolute Gasteiger partial charge is 0.323 e. The van der Waals surface area contributed by atoms with Gasteiger partial charge >= 0.3 is 6.03 Å². The van der Waals surface area contributed by atoms with Gasteiger partial charge in [0.2, 0.25) is 5.54 Å². The van der Waals surface area contributed by atoms with Crippen LogP contribution in [-0.4, -0.2) is 25.0 Å². The molecule has 2 aliphatic rings. The minimum absolute atomic E-state index is 0.261. The monoisotopic (exact) mass is 351 g/mol. The van der Waals surface area contributed by atoms with Crippen molar-refractivity contribution in [3.63, 3.8) is 0 Å². The molecule has 7 nitrogen and oxygen atoms in total. The standard InChI is InChI=1S/C19H17N3O4/c1-11-6-7-15-14(8-11)19(16(23)20-18(25)21-19)17(24)22(15)10-12-4-3-5-13(9-12)26-2/h3-9H,10H2,1-2H3,(H2,20,21,23,25). The Balaban J connectivity index is 1.81. The number of anilines is 1. The van der Waals surface area contributed by atoms with Crippen molar-refractivity contribution in [3.8, 4) is 5.75 Å². The van der Waals surface area contributed by atoms with Crippen molar-refractivity contribution in [3.05, 3.63) is 59.2 Å². The number of hydrogen-bond acceptors (Lipinski definition) is 4. The molecule has 0 saturated carbocycles. The highest BCUT2D eigenvalue weighted by Crippen LogP contribution is 2.43. The number of imide groups is 1. The van der Waals surface area contributed by atoms with Gasteiger partial charge in [0, 0.05) is 5.56 Å². The zero-order valence-corrected chi connectivity index (χ0v) is 14.3. The number of carbonyl (C=O) groups is 3. The van der Waals surface area contributed by atoms with Crippen LogP contribution in [0.4, 0.5) is 10.5 Å². The summed E-state index contributed by atoms with van der Waals surface area (Å²) < 4.78 is 5.23. The molecule has 0 bridgehead atoms. The quantitative estimate of drug-likeness (QED) is 0.649. The molecule has 1 saturated heterocycles. The van der Waals surface area contributed by atoms with Crippen LogP contribution in [0.2, 0.25) is 0 Å². The molecule has 2 aromatic carbocycles. The molecule has 1 atom stereocenters. The summed E-state index contributed by atoms with van der Waals surface area (Å²) in [5.41, 5.74) is 1.16. The number of hydrogen-bond donors (Lipinski definition) is 2. The van der Waals surface area contributed by atoms with Crippen molar-refractivity contribution in [2.24, 2.45) is 0 Å². The fourth-order valence-corrected chi connectivity index (χ4v) is 3.52. The average molecular weight is 351 g/mol. The van der Waals surface area contributed by atoms with Crippen LogP contribution in [0.1, 0.15) is 16.7 Å². The molecule has 4 rings (SSSR count). The summed E-state index contributed by atoms with van der Waals surface area (Å²) >= 11 is 0. The minimum Gasteiger partial charge on any atom is -0.497 e. The SMILES string of the molecule is COc1cccc(CN2C(=O)C3(NC(=O)NC3=O)c3cc(C)ccc32)c1. The summed E-state index contributed by atoms with van der Waals surface area (Å²) in [5.74, 6) is -0.434. The Morgan fingerprint density at radius 3 is 2.62 bits per heavy atom. The van der Waals surface area contributed by atoms with E-state index in [0.29, 0.717) is 17.0 Å². The molecular formula is C19H17N3O4.